The molecular weight excluding hydrogens is 190 g/mol. The second-order valence-corrected chi connectivity index (χ2v) is 5.07. The molecular formula is C12H13NS. The summed E-state index contributed by atoms with van der Waals surface area (Å²) in [5.41, 5.74) is 7.66. The van der Waals surface area contributed by atoms with Gasteiger partial charge in [0.2, 0.25) is 0 Å². The number of thiophene rings is 1. The van der Waals surface area contributed by atoms with Gasteiger partial charge >= 0.3 is 0 Å². The Morgan fingerprint density at radius 1 is 1.29 bits per heavy atom. The zero-order valence-electron chi connectivity index (χ0n) is 7.99. The van der Waals surface area contributed by atoms with E-state index in [1.165, 1.54) is 28.5 Å². The Balaban J connectivity index is 2.25. The van der Waals surface area contributed by atoms with E-state index in [1.807, 2.05) is 11.3 Å². The lowest BCUT2D eigenvalue weighted by molar-refractivity contribution is 0.711. The predicted molar refractivity (Wildman–Crippen MR) is 61.8 cm³/mol. The topological polar surface area (TPSA) is 26.0 Å². The number of benzene rings is 1. The molecule has 0 saturated heterocycles. The van der Waals surface area contributed by atoms with Crippen molar-refractivity contribution in [2.24, 2.45) is 5.73 Å². The number of hydrogen-bond donors (Lipinski definition) is 1. The maximum atomic E-state index is 5.86. The zero-order valence-corrected chi connectivity index (χ0v) is 8.81. The Kier molecular flexibility index (Phi) is 1.70. The summed E-state index contributed by atoms with van der Waals surface area (Å²) in [4.78, 5) is 0. The molecule has 14 heavy (non-hydrogen) atoms. The van der Waals surface area contributed by atoms with Crippen molar-refractivity contribution in [1.82, 2.24) is 0 Å². The zero-order chi connectivity index (χ0) is 9.60. The van der Waals surface area contributed by atoms with Gasteiger partial charge in [-0.25, -0.2) is 0 Å². The van der Waals surface area contributed by atoms with Gasteiger partial charge in [0.05, 0.1) is 0 Å². The van der Waals surface area contributed by atoms with E-state index >= 15 is 0 Å². The number of fused-ring (bicyclic) bond motifs is 1. The molecule has 0 amide bonds. The summed E-state index contributed by atoms with van der Waals surface area (Å²) < 4.78 is 1.39. The molecule has 2 N–H and O–H groups in total. The summed E-state index contributed by atoms with van der Waals surface area (Å²) in [6.07, 6.45) is 2.52. The molecule has 3 rings (SSSR count). The van der Waals surface area contributed by atoms with E-state index in [0.29, 0.717) is 5.41 Å². The average Bonchev–Trinajstić information content (AvgIpc) is 2.87. The van der Waals surface area contributed by atoms with Gasteiger partial charge in [0.15, 0.2) is 0 Å². The smallest absolute Gasteiger partial charge is 0.0345 e. The molecule has 1 nitrogen and oxygen atoms in total. The summed E-state index contributed by atoms with van der Waals surface area (Å²) in [5, 5.41) is 3.58. The van der Waals surface area contributed by atoms with Crippen molar-refractivity contribution in [1.29, 1.82) is 0 Å². The molecule has 1 heterocycles. The van der Waals surface area contributed by atoms with Gasteiger partial charge in [-0.15, -0.1) is 11.3 Å². The van der Waals surface area contributed by atoms with Crippen molar-refractivity contribution in [2.75, 3.05) is 6.54 Å². The standard InChI is InChI=1S/C12H13NS/c13-8-12(5-6-12)10-2-1-3-11-9(10)4-7-14-11/h1-4,7H,5-6,8,13H2. The number of nitrogens with two attached hydrogens (primary N) is 1. The van der Waals surface area contributed by atoms with Gasteiger partial charge in [-0.05, 0) is 41.3 Å². The Bertz CT molecular complexity index is 468. The first-order valence-corrected chi connectivity index (χ1v) is 5.90. The lowest BCUT2D eigenvalue weighted by Crippen LogP contribution is -2.19. The summed E-state index contributed by atoms with van der Waals surface area (Å²) >= 11 is 1.82. The first-order chi connectivity index (χ1) is 6.86. The minimum Gasteiger partial charge on any atom is -0.330 e. The van der Waals surface area contributed by atoms with E-state index in [4.69, 9.17) is 5.73 Å². The fraction of sp³-hybridized carbons (Fsp3) is 0.333. The highest BCUT2D eigenvalue weighted by molar-refractivity contribution is 7.17. The first-order valence-electron chi connectivity index (χ1n) is 5.02. The molecule has 1 aliphatic carbocycles. The fourth-order valence-electron chi connectivity index (χ4n) is 2.19. The lowest BCUT2D eigenvalue weighted by atomic mass is 9.93. The molecule has 0 bridgehead atoms. The minimum absolute atomic E-state index is 0.320. The van der Waals surface area contributed by atoms with Crippen LogP contribution >= 0.6 is 11.3 Å². The molecule has 2 aromatic rings. The van der Waals surface area contributed by atoms with Gasteiger partial charge in [0, 0.05) is 16.7 Å². The third-order valence-corrected chi connectivity index (χ3v) is 4.19. The molecule has 72 valence electrons. The molecule has 0 unspecified atom stereocenters. The van der Waals surface area contributed by atoms with Crippen LogP contribution in [0.5, 0.6) is 0 Å². The van der Waals surface area contributed by atoms with Gasteiger partial charge in [-0.2, -0.15) is 0 Å². The molecule has 1 saturated carbocycles. The van der Waals surface area contributed by atoms with E-state index in [9.17, 15) is 0 Å². The summed E-state index contributed by atoms with van der Waals surface area (Å²) in [6, 6.07) is 8.82. The Hall–Kier alpha value is -0.860. The van der Waals surface area contributed by atoms with Crippen molar-refractivity contribution >= 4 is 21.4 Å². The highest BCUT2D eigenvalue weighted by Gasteiger charge is 2.43. The van der Waals surface area contributed by atoms with Crippen molar-refractivity contribution in [2.45, 2.75) is 18.3 Å². The molecule has 2 heteroatoms. The third-order valence-electron chi connectivity index (χ3n) is 3.31. The van der Waals surface area contributed by atoms with Crippen LogP contribution in [0.3, 0.4) is 0 Å². The first kappa shape index (κ1) is 8.45. The Morgan fingerprint density at radius 3 is 2.86 bits per heavy atom. The largest absolute Gasteiger partial charge is 0.330 e. The molecule has 0 radical (unpaired) electrons. The molecule has 1 aromatic heterocycles. The Morgan fingerprint density at radius 2 is 2.14 bits per heavy atom. The van der Waals surface area contributed by atoms with E-state index in [1.54, 1.807) is 0 Å². The predicted octanol–water partition coefficient (Wildman–Crippen LogP) is 2.89. The molecule has 1 aliphatic rings. The number of rotatable bonds is 2. The summed E-state index contributed by atoms with van der Waals surface area (Å²) in [6.45, 7) is 0.794. The van der Waals surface area contributed by atoms with E-state index in [-0.39, 0.29) is 0 Å². The molecule has 1 aromatic carbocycles. The highest BCUT2D eigenvalue weighted by Crippen LogP contribution is 2.49. The van der Waals surface area contributed by atoms with Crippen LogP contribution in [0, 0.1) is 0 Å². The van der Waals surface area contributed by atoms with Crippen molar-refractivity contribution < 1.29 is 0 Å². The fourth-order valence-corrected chi connectivity index (χ4v) is 3.00. The van der Waals surface area contributed by atoms with Gasteiger partial charge < -0.3 is 5.73 Å². The van der Waals surface area contributed by atoms with Crippen molar-refractivity contribution in [3.8, 4) is 0 Å². The van der Waals surface area contributed by atoms with Crippen LogP contribution in [-0.2, 0) is 5.41 Å². The highest BCUT2D eigenvalue weighted by atomic mass is 32.1. The number of hydrogen-bond acceptors (Lipinski definition) is 2. The van der Waals surface area contributed by atoms with E-state index in [0.717, 1.165) is 6.54 Å². The van der Waals surface area contributed by atoms with Gasteiger partial charge in [-0.3, -0.25) is 0 Å². The second kappa shape index (κ2) is 2.81. The lowest BCUT2D eigenvalue weighted by Gasteiger charge is -2.13. The van der Waals surface area contributed by atoms with Crippen LogP contribution in [0.4, 0.5) is 0 Å². The van der Waals surface area contributed by atoms with E-state index < -0.39 is 0 Å². The second-order valence-electron chi connectivity index (χ2n) is 4.12. The van der Waals surface area contributed by atoms with Crippen LogP contribution in [0.15, 0.2) is 29.6 Å². The van der Waals surface area contributed by atoms with Gasteiger partial charge in [0.1, 0.15) is 0 Å². The maximum Gasteiger partial charge on any atom is 0.0345 e. The van der Waals surface area contributed by atoms with E-state index in [2.05, 4.69) is 29.6 Å². The SMILES string of the molecule is NCC1(c2cccc3sccc23)CC1. The molecule has 0 spiro atoms. The molecule has 0 aliphatic heterocycles. The van der Waals surface area contributed by atoms with Crippen molar-refractivity contribution in [3.63, 3.8) is 0 Å². The van der Waals surface area contributed by atoms with Gasteiger partial charge in [-0.1, -0.05) is 12.1 Å². The molecule has 0 atom stereocenters. The Labute approximate surface area is 87.5 Å². The molecule has 1 fully saturated rings. The minimum atomic E-state index is 0.320. The van der Waals surface area contributed by atoms with Crippen LogP contribution in [0.2, 0.25) is 0 Å². The van der Waals surface area contributed by atoms with Crippen LogP contribution in [0.1, 0.15) is 18.4 Å². The monoisotopic (exact) mass is 203 g/mol. The maximum absolute atomic E-state index is 5.86. The van der Waals surface area contributed by atoms with Crippen LogP contribution in [-0.4, -0.2) is 6.54 Å². The summed E-state index contributed by atoms with van der Waals surface area (Å²) in [7, 11) is 0. The average molecular weight is 203 g/mol. The normalized spacial score (nSPS) is 18.6. The van der Waals surface area contributed by atoms with Crippen LogP contribution in [0.25, 0.3) is 10.1 Å². The third kappa shape index (κ3) is 1.04. The van der Waals surface area contributed by atoms with Crippen LogP contribution < -0.4 is 5.73 Å². The summed E-state index contributed by atoms with van der Waals surface area (Å²) in [5.74, 6) is 0. The van der Waals surface area contributed by atoms with Crippen molar-refractivity contribution in [3.05, 3.63) is 35.2 Å². The quantitative estimate of drug-likeness (QED) is 0.798. The van der Waals surface area contributed by atoms with Gasteiger partial charge in [0.25, 0.3) is 0 Å².